The zero-order valence-corrected chi connectivity index (χ0v) is 18.0. The summed E-state index contributed by atoms with van der Waals surface area (Å²) in [4.78, 5) is 25.3. The first-order valence-corrected chi connectivity index (χ1v) is 10.2. The summed E-state index contributed by atoms with van der Waals surface area (Å²) < 4.78 is 5.49. The molecule has 2 heterocycles. The molecular weight excluding hydrogens is 426 g/mol. The molecule has 0 fully saturated rings. The highest BCUT2D eigenvalue weighted by atomic mass is 35.5. The molecule has 0 radical (unpaired) electrons. The van der Waals surface area contributed by atoms with Gasteiger partial charge in [-0.15, -0.1) is 0 Å². The number of carbonyl (C=O) groups is 1. The summed E-state index contributed by atoms with van der Waals surface area (Å²) >= 11 is 5.93. The van der Waals surface area contributed by atoms with Crippen molar-refractivity contribution in [2.24, 2.45) is 0 Å². The van der Waals surface area contributed by atoms with E-state index in [4.69, 9.17) is 16.3 Å². The van der Waals surface area contributed by atoms with Crippen LogP contribution in [0, 0.1) is 6.92 Å². The van der Waals surface area contributed by atoms with Crippen molar-refractivity contribution in [3.8, 4) is 17.0 Å². The highest BCUT2D eigenvalue weighted by Gasteiger charge is 2.08. The van der Waals surface area contributed by atoms with Crippen LogP contribution in [-0.2, 0) is 4.79 Å². The molecular formula is C24H20ClN5O2. The average Bonchev–Trinajstić information content (AvgIpc) is 2.81. The van der Waals surface area contributed by atoms with Crippen LogP contribution in [0.1, 0.15) is 5.56 Å². The van der Waals surface area contributed by atoms with Gasteiger partial charge in [-0.25, -0.2) is 9.97 Å². The van der Waals surface area contributed by atoms with Gasteiger partial charge in [0, 0.05) is 40.6 Å². The minimum Gasteiger partial charge on any atom is -0.484 e. The fourth-order valence-corrected chi connectivity index (χ4v) is 3.13. The van der Waals surface area contributed by atoms with Crippen molar-refractivity contribution >= 4 is 34.8 Å². The van der Waals surface area contributed by atoms with Crippen LogP contribution in [0.25, 0.3) is 11.3 Å². The summed E-state index contributed by atoms with van der Waals surface area (Å²) in [5.74, 6) is 0.696. The second-order valence-electron chi connectivity index (χ2n) is 6.96. The van der Waals surface area contributed by atoms with Gasteiger partial charge < -0.3 is 15.4 Å². The molecule has 4 rings (SSSR count). The van der Waals surface area contributed by atoms with Gasteiger partial charge in [0.15, 0.2) is 6.61 Å². The number of carbonyl (C=O) groups excluding carboxylic acids is 1. The molecule has 0 aliphatic heterocycles. The molecule has 160 valence electrons. The largest absolute Gasteiger partial charge is 0.484 e. The normalized spacial score (nSPS) is 10.4. The Morgan fingerprint density at radius 1 is 1.06 bits per heavy atom. The number of aromatic nitrogens is 3. The molecule has 2 aromatic carbocycles. The Bertz CT molecular complexity index is 1230. The van der Waals surface area contributed by atoms with Crippen LogP contribution >= 0.6 is 11.6 Å². The Morgan fingerprint density at radius 3 is 2.78 bits per heavy atom. The molecule has 0 bridgehead atoms. The van der Waals surface area contributed by atoms with Crippen LogP contribution in [0.5, 0.6) is 5.75 Å². The van der Waals surface area contributed by atoms with Gasteiger partial charge in [0.05, 0.1) is 5.69 Å². The minimum atomic E-state index is -0.283. The number of ether oxygens (including phenoxy) is 1. The molecule has 7 nitrogen and oxygen atoms in total. The lowest BCUT2D eigenvalue weighted by molar-refractivity contribution is -0.118. The van der Waals surface area contributed by atoms with Crippen LogP contribution in [-0.4, -0.2) is 27.5 Å². The van der Waals surface area contributed by atoms with E-state index < -0.39 is 0 Å². The number of rotatable bonds is 7. The second-order valence-corrected chi connectivity index (χ2v) is 7.39. The number of nitrogens with one attached hydrogen (secondary N) is 2. The molecule has 0 aliphatic carbocycles. The predicted molar refractivity (Wildman–Crippen MR) is 125 cm³/mol. The summed E-state index contributed by atoms with van der Waals surface area (Å²) in [6, 6.07) is 18.1. The molecule has 0 spiro atoms. The summed E-state index contributed by atoms with van der Waals surface area (Å²) in [7, 11) is 0. The molecule has 8 heteroatoms. The van der Waals surface area contributed by atoms with E-state index in [1.165, 1.54) is 0 Å². The predicted octanol–water partition coefficient (Wildman–Crippen LogP) is 5.26. The van der Waals surface area contributed by atoms with Gasteiger partial charge in [0.2, 0.25) is 5.95 Å². The molecule has 0 atom stereocenters. The maximum absolute atomic E-state index is 12.3. The first-order valence-electron chi connectivity index (χ1n) is 9.86. The van der Waals surface area contributed by atoms with E-state index in [1.807, 2.05) is 43.3 Å². The van der Waals surface area contributed by atoms with Gasteiger partial charge in [-0.2, -0.15) is 0 Å². The highest BCUT2D eigenvalue weighted by Crippen LogP contribution is 2.24. The summed E-state index contributed by atoms with van der Waals surface area (Å²) in [5, 5.41) is 6.60. The number of benzene rings is 2. The highest BCUT2D eigenvalue weighted by molar-refractivity contribution is 6.30. The lowest BCUT2D eigenvalue weighted by Gasteiger charge is -2.12. The molecule has 0 saturated heterocycles. The van der Waals surface area contributed by atoms with Crippen molar-refractivity contribution in [2.45, 2.75) is 6.92 Å². The monoisotopic (exact) mass is 445 g/mol. The smallest absolute Gasteiger partial charge is 0.262 e. The molecule has 1 amide bonds. The van der Waals surface area contributed by atoms with Crippen molar-refractivity contribution in [1.29, 1.82) is 0 Å². The Kier molecular flexibility index (Phi) is 6.57. The number of anilines is 3. The SMILES string of the molecule is Cc1ccc(NC(=O)COc2cccc(Cl)c2)cc1Nc1nccc(-c2cccnc2)n1. The standard InChI is InChI=1S/C24H20ClN5O2/c1-16-7-8-19(28-23(31)15-32-20-6-2-5-18(25)12-20)13-22(16)30-24-27-11-9-21(29-24)17-4-3-10-26-14-17/h2-14H,15H2,1H3,(H,28,31)(H,27,29,30). The second kappa shape index (κ2) is 9.89. The van der Waals surface area contributed by atoms with Crippen molar-refractivity contribution < 1.29 is 9.53 Å². The average molecular weight is 446 g/mol. The number of aryl methyl sites for hydroxylation is 1. The lowest BCUT2D eigenvalue weighted by atomic mass is 10.1. The van der Waals surface area contributed by atoms with E-state index in [0.29, 0.717) is 22.4 Å². The van der Waals surface area contributed by atoms with Gasteiger partial charge in [-0.1, -0.05) is 23.7 Å². The van der Waals surface area contributed by atoms with Crippen molar-refractivity contribution in [3.63, 3.8) is 0 Å². The summed E-state index contributed by atoms with van der Waals surface area (Å²) in [6.07, 6.45) is 5.15. The molecule has 0 saturated carbocycles. The first kappa shape index (κ1) is 21.3. The van der Waals surface area contributed by atoms with Gasteiger partial charge >= 0.3 is 0 Å². The molecule has 0 aliphatic rings. The van der Waals surface area contributed by atoms with Crippen LogP contribution < -0.4 is 15.4 Å². The van der Waals surface area contributed by atoms with Crippen LogP contribution in [0.2, 0.25) is 5.02 Å². The summed E-state index contributed by atoms with van der Waals surface area (Å²) in [5.41, 5.74) is 4.04. The number of hydrogen-bond donors (Lipinski definition) is 2. The van der Waals surface area contributed by atoms with E-state index in [1.54, 1.807) is 42.9 Å². The third-order valence-electron chi connectivity index (χ3n) is 4.55. The van der Waals surface area contributed by atoms with Crippen LogP contribution in [0.15, 0.2) is 79.3 Å². The third kappa shape index (κ3) is 5.59. The fourth-order valence-electron chi connectivity index (χ4n) is 2.95. The Morgan fingerprint density at radius 2 is 1.97 bits per heavy atom. The Labute approximate surface area is 190 Å². The molecule has 4 aromatic rings. The van der Waals surface area contributed by atoms with E-state index in [9.17, 15) is 4.79 Å². The van der Waals surface area contributed by atoms with E-state index in [2.05, 4.69) is 25.6 Å². The minimum absolute atomic E-state index is 0.132. The fraction of sp³-hybridized carbons (Fsp3) is 0.0833. The number of pyridine rings is 1. The number of halogens is 1. The third-order valence-corrected chi connectivity index (χ3v) is 4.78. The van der Waals surface area contributed by atoms with Gasteiger partial charge in [-0.05, 0) is 61.0 Å². The van der Waals surface area contributed by atoms with Crippen LogP contribution in [0.3, 0.4) is 0 Å². The zero-order chi connectivity index (χ0) is 22.3. The van der Waals surface area contributed by atoms with Gasteiger partial charge in [0.25, 0.3) is 5.91 Å². The molecule has 2 aromatic heterocycles. The van der Waals surface area contributed by atoms with Crippen molar-refractivity contribution in [2.75, 3.05) is 17.2 Å². The van der Waals surface area contributed by atoms with Crippen LogP contribution in [0.4, 0.5) is 17.3 Å². The lowest BCUT2D eigenvalue weighted by Crippen LogP contribution is -2.20. The number of hydrogen-bond acceptors (Lipinski definition) is 6. The maximum atomic E-state index is 12.3. The van der Waals surface area contributed by atoms with E-state index >= 15 is 0 Å². The topological polar surface area (TPSA) is 89.0 Å². The van der Waals surface area contributed by atoms with Crippen molar-refractivity contribution in [1.82, 2.24) is 15.0 Å². The Balaban J connectivity index is 1.43. The molecule has 0 unspecified atom stereocenters. The first-order chi connectivity index (χ1) is 15.6. The zero-order valence-electron chi connectivity index (χ0n) is 17.2. The van der Waals surface area contributed by atoms with E-state index in [-0.39, 0.29) is 12.5 Å². The van der Waals surface area contributed by atoms with Crippen molar-refractivity contribution in [3.05, 3.63) is 89.8 Å². The van der Waals surface area contributed by atoms with E-state index in [0.717, 1.165) is 22.5 Å². The number of amides is 1. The van der Waals surface area contributed by atoms with Gasteiger partial charge in [0.1, 0.15) is 5.75 Å². The molecule has 2 N–H and O–H groups in total. The maximum Gasteiger partial charge on any atom is 0.262 e. The number of nitrogens with zero attached hydrogens (tertiary/aromatic N) is 3. The summed E-state index contributed by atoms with van der Waals surface area (Å²) in [6.45, 7) is 1.83. The quantitative estimate of drug-likeness (QED) is 0.403. The Hall–Kier alpha value is -3.97. The van der Waals surface area contributed by atoms with Gasteiger partial charge in [-0.3, -0.25) is 9.78 Å². The molecule has 32 heavy (non-hydrogen) atoms.